The Hall–Kier alpha value is -2.96. The van der Waals surface area contributed by atoms with Crippen molar-refractivity contribution in [2.75, 3.05) is 0 Å². The molecule has 7 heteroatoms. The topological polar surface area (TPSA) is 118 Å². The molecule has 244 valence electrons. The quantitative estimate of drug-likeness (QED) is 0.329. The lowest BCUT2D eigenvalue weighted by atomic mass is 9.33. The molecule has 9 atom stereocenters. The van der Waals surface area contributed by atoms with E-state index in [1.807, 2.05) is 13.0 Å². The van der Waals surface area contributed by atoms with Crippen molar-refractivity contribution in [2.45, 2.75) is 112 Å². The maximum atomic E-state index is 14.6. The van der Waals surface area contributed by atoms with Gasteiger partial charge in [0, 0.05) is 11.3 Å². The van der Waals surface area contributed by atoms with E-state index in [4.69, 9.17) is 4.74 Å². The fourth-order valence-electron chi connectivity index (χ4n) is 11.6. The summed E-state index contributed by atoms with van der Waals surface area (Å²) in [6.45, 7) is 15.5. The first kappa shape index (κ1) is 32.0. The summed E-state index contributed by atoms with van der Waals surface area (Å²) in [6, 6.07) is 6.17. The van der Waals surface area contributed by atoms with Crippen LogP contribution in [0.15, 0.2) is 35.9 Å². The van der Waals surface area contributed by atoms with Gasteiger partial charge < -0.3 is 14.9 Å². The maximum Gasteiger partial charge on any atom is 0.339 e. The monoisotopic (exact) mass is 618 g/mol. The van der Waals surface area contributed by atoms with Gasteiger partial charge in [-0.05, 0) is 116 Å². The van der Waals surface area contributed by atoms with Gasteiger partial charge in [0.15, 0.2) is 5.78 Å². The number of aliphatic carboxylic acids is 1. The summed E-state index contributed by atoms with van der Waals surface area (Å²) in [7, 11) is 0. The van der Waals surface area contributed by atoms with Crippen LogP contribution in [0.5, 0.6) is 0 Å². The van der Waals surface area contributed by atoms with Gasteiger partial charge in [0.25, 0.3) is 0 Å². The summed E-state index contributed by atoms with van der Waals surface area (Å²) in [5.74, 6) is -2.29. The van der Waals surface area contributed by atoms with Gasteiger partial charge in [0.2, 0.25) is 0 Å². The Morgan fingerprint density at radius 1 is 0.822 bits per heavy atom. The Morgan fingerprint density at radius 3 is 2.11 bits per heavy atom. The standard InChI is InChI=1S/C38H50O7/c1-33(2)27-12-15-38(7)29(36(27,5)14-13-28(33)45-31(42)23-11-9-8-10-22(23)30(40)41)26(39)20-24-25-21-35(4,32(43)44)17-16-34(25,3)18-19-37(24,38)6/h8-11,20,25,27-29H,12-19,21H2,1-7H3,(H,40,41)(H,43,44). The fourth-order valence-corrected chi connectivity index (χ4v) is 11.6. The molecule has 1 aromatic rings. The van der Waals surface area contributed by atoms with E-state index in [1.165, 1.54) is 17.7 Å². The van der Waals surface area contributed by atoms with Gasteiger partial charge in [-0.15, -0.1) is 0 Å². The van der Waals surface area contributed by atoms with Crippen molar-refractivity contribution in [1.29, 1.82) is 0 Å². The second-order valence-corrected chi connectivity index (χ2v) is 17.2. The van der Waals surface area contributed by atoms with Crippen molar-refractivity contribution in [3.63, 3.8) is 0 Å². The Balaban J connectivity index is 1.33. The molecule has 5 aliphatic carbocycles. The molecule has 0 aromatic heterocycles. The normalized spacial score (nSPS) is 43.4. The number of allylic oxidation sites excluding steroid dienone is 2. The van der Waals surface area contributed by atoms with Gasteiger partial charge in [0.05, 0.1) is 16.5 Å². The molecule has 45 heavy (non-hydrogen) atoms. The number of carboxylic acid groups (broad SMARTS) is 2. The summed E-state index contributed by atoms with van der Waals surface area (Å²) in [4.78, 5) is 52.1. The highest BCUT2D eigenvalue weighted by atomic mass is 16.5. The Labute approximate surface area is 267 Å². The average Bonchev–Trinajstić information content (AvgIpc) is 2.96. The molecule has 5 aliphatic rings. The van der Waals surface area contributed by atoms with Gasteiger partial charge in [-0.2, -0.15) is 0 Å². The number of ether oxygens (including phenoxy) is 1. The number of aromatic carboxylic acids is 1. The van der Waals surface area contributed by atoms with E-state index in [-0.39, 0.29) is 56.3 Å². The first-order valence-corrected chi connectivity index (χ1v) is 16.9. The third-order valence-corrected chi connectivity index (χ3v) is 14.7. The molecule has 0 spiro atoms. The molecule has 0 aliphatic heterocycles. The molecule has 2 N–H and O–H groups in total. The van der Waals surface area contributed by atoms with Crippen molar-refractivity contribution in [1.82, 2.24) is 0 Å². The van der Waals surface area contributed by atoms with Crippen LogP contribution in [0, 0.1) is 50.2 Å². The molecule has 0 bridgehead atoms. The van der Waals surface area contributed by atoms with Crippen LogP contribution in [0.1, 0.15) is 127 Å². The number of hydrogen-bond acceptors (Lipinski definition) is 5. The first-order valence-electron chi connectivity index (χ1n) is 16.9. The largest absolute Gasteiger partial charge is 0.481 e. The predicted octanol–water partition coefficient (Wildman–Crippen LogP) is 7.98. The third-order valence-electron chi connectivity index (χ3n) is 14.7. The number of hydrogen-bond donors (Lipinski definition) is 2. The number of carbonyl (C=O) groups is 4. The highest BCUT2D eigenvalue weighted by Crippen LogP contribution is 2.75. The molecule has 0 saturated heterocycles. The summed E-state index contributed by atoms with van der Waals surface area (Å²) < 4.78 is 6.13. The van der Waals surface area contributed by atoms with Crippen molar-refractivity contribution in [3.05, 3.63) is 47.0 Å². The van der Waals surface area contributed by atoms with Gasteiger partial charge >= 0.3 is 17.9 Å². The minimum atomic E-state index is -1.16. The van der Waals surface area contributed by atoms with Gasteiger partial charge in [-0.1, -0.05) is 59.2 Å². The molecular formula is C38H50O7. The third kappa shape index (κ3) is 4.34. The predicted molar refractivity (Wildman–Crippen MR) is 170 cm³/mol. The maximum absolute atomic E-state index is 14.6. The number of benzene rings is 1. The summed E-state index contributed by atoms with van der Waals surface area (Å²) >= 11 is 0. The second kappa shape index (κ2) is 10.0. The zero-order valence-corrected chi connectivity index (χ0v) is 28.0. The molecule has 4 fully saturated rings. The van der Waals surface area contributed by atoms with Crippen molar-refractivity contribution in [3.8, 4) is 0 Å². The molecule has 6 rings (SSSR count). The molecule has 4 saturated carbocycles. The van der Waals surface area contributed by atoms with Crippen molar-refractivity contribution < 1.29 is 34.1 Å². The molecule has 0 radical (unpaired) electrons. The van der Waals surface area contributed by atoms with Crippen molar-refractivity contribution in [2.24, 2.45) is 50.2 Å². The van der Waals surface area contributed by atoms with Gasteiger partial charge in [-0.25, -0.2) is 9.59 Å². The number of carboxylic acids is 2. The van der Waals surface area contributed by atoms with Crippen LogP contribution in [0.25, 0.3) is 0 Å². The zero-order chi connectivity index (χ0) is 33.0. The smallest absolute Gasteiger partial charge is 0.339 e. The van der Waals surface area contributed by atoms with Gasteiger partial charge in [-0.3, -0.25) is 9.59 Å². The SMILES string of the molecule is CC1(C(=O)O)CCC2(C)CCC3(C)C(=CC(=O)C4C5(C)CCC(OC(=O)c6ccccc6C(=O)O)C(C)(C)C5CCC43C)C2C1. The van der Waals surface area contributed by atoms with E-state index < -0.39 is 34.8 Å². The molecule has 0 amide bonds. The minimum absolute atomic E-state index is 0.00800. The molecular weight excluding hydrogens is 568 g/mol. The van der Waals surface area contributed by atoms with Crippen LogP contribution in [0.2, 0.25) is 0 Å². The summed E-state index contributed by atoms with van der Waals surface area (Å²) in [5, 5.41) is 19.8. The number of fused-ring (bicyclic) bond motifs is 7. The molecule has 0 heterocycles. The zero-order valence-electron chi connectivity index (χ0n) is 28.0. The van der Waals surface area contributed by atoms with E-state index in [2.05, 4.69) is 41.5 Å². The molecule has 7 nitrogen and oxygen atoms in total. The van der Waals surface area contributed by atoms with Crippen LogP contribution >= 0.6 is 0 Å². The Bertz CT molecular complexity index is 1510. The highest BCUT2D eigenvalue weighted by molar-refractivity contribution is 6.02. The second-order valence-electron chi connectivity index (χ2n) is 17.2. The van der Waals surface area contributed by atoms with Crippen molar-refractivity contribution >= 4 is 23.7 Å². The van der Waals surface area contributed by atoms with E-state index in [9.17, 15) is 29.4 Å². The summed E-state index contributed by atoms with van der Waals surface area (Å²) in [6.07, 6.45) is 8.86. The van der Waals surface area contributed by atoms with E-state index in [0.29, 0.717) is 19.3 Å². The lowest BCUT2D eigenvalue weighted by molar-refractivity contribution is -0.202. The first-order chi connectivity index (χ1) is 20.8. The number of carbonyl (C=O) groups excluding carboxylic acids is 2. The average molecular weight is 619 g/mol. The van der Waals surface area contributed by atoms with E-state index in [0.717, 1.165) is 38.5 Å². The highest BCUT2D eigenvalue weighted by Gasteiger charge is 2.70. The minimum Gasteiger partial charge on any atom is -0.481 e. The van der Waals surface area contributed by atoms with Crippen LogP contribution in [0.4, 0.5) is 0 Å². The molecule has 9 unspecified atom stereocenters. The number of esters is 1. The van der Waals surface area contributed by atoms with Crippen LogP contribution < -0.4 is 0 Å². The van der Waals surface area contributed by atoms with Gasteiger partial charge in [0.1, 0.15) is 6.10 Å². The van der Waals surface area contributed by atoms with Crippen LogP contribution in [-0.2, 0) is 14.3 Å². The lowest BCUT2D eigenvalue weighted by Crippen LogP contribution is -2.66. The Morgan fingerprint density at radius 2 is 1.47 bits per heavy atom. The van der Waals surface area contributed by atoms with E-state index in [1.54, 1.807) is 12.1 Å². The number of ketones is 1. The van der Waals surface area contributed by atoms with E-state index >= 15 is 0 Å². The van der Waals surface area contributed by atoms with Crippen LogP contribution in [-0.4, -0.2) is 40.0 Å². The number of rotatable bonds is 4. The molecule has 1 aromatic carbocycles. The fraction of sp³-hybridized carbons (Fsp3) is 0.684. The van der Waals surface area contributed by atoms with Crippen LogP contribution in [0.3, 0.4) is 0 Å². The Kier molecular flexibility index (Phi) is 7.12. The lowest BCUT2D eigenvalue weighted by Gasteiger charge is -2.70. The summed E-state index contributed by atoms with van der Waals surface area (Å²) in [5.41, 5.74) is -0.770.